The fourth-order valence-corrected chi connectivity index (χ4v) is 2.64. The minimum absolute atomic E-state index is 0.0258. The highest BCUT2D eigenvalue weighted by molar-refractivity contribution is 5.90. The van der Waals surface area contributed by atoms with E-state index in [4.69, 9.17) is 16.6 Å². The van der Waals surface area contributed by atoms with Crippen LogP contribution in [-0.2, 0) is 14.4 Å². The van der Waals surface area contributed by atoms with Gasteiger partial charge in [0.2, 0.25) is 11.8 Å². The van der Waals surface area contributed by atoms with Gasteiger partial charge in [0.1, 0.15) is 6.04 Å². The number of nitrogens with one attached hydrogen (secondary N) is 1. The van der Waals surface area contributed by atoms with E-state index in [1.165, 1.54) is 0 Å². The first kappa shape index (κ1) is 16.4. The van der Waals surface area contributed by atoms with E-state index >= 15 is 0 Å². The number of carboxylic acids is 1. The Bertz CT molecular complexity index is 399. The van der Waals surface area contributed by atoms with Crippen LogP contribution in [0.25, 0.3) is 0 Å². The molecule has 2 amide bonds. The van der Waals surface area contributed by atoms with Crippen molar-refractivity contribution in [3.8, 4) is 0 Å². The highest BCUT2D eigenvalue weighted by Crippen LogP contribution is 2.30. The standard InChI is InChI=1S/C13H23N3O4/c1-8-3-2-6-13(15,7-8)12(20)16-9(11(18)19)4-5-10(14)17/h8-9H,2-7,15H2,1H3,(H2,14,17)(H,16,20)(H,18,19). The van der Waals surface area contributed by atoms with E-state index in [-0.39, 0.29) is 12.8 Å². The first-order chi connectivity index (χ1) is 9.24. The topological polar surface area (TPSA) is 136 Å². The Morgan fingerprint density at radius 2 is 2.10 bits per heavy atom. The molecule has 0 spiro atoms. The lowest BCUT2D eigenvalue weighted by Gasteiger charge is -2.36. The predicted molar refractivity (Wildman–Crippen MR) is 72.5 cm³/mol. The Balaban J connectivity index is 2.65. The SMILES string of the molecule is CC1CCCC(N)(C(=O)NC(CCC(N)=O)C(=O)O)C1. The third-order valence-corrected chi connectivity index (χ3v) is 3.77. The average molecular weight is 285 g/mol. The summed E-state index contributed by atoms with van der Waals surface area (Å²) in [5.74, 6) is -1.90. The van der Waals surface area contributed by atoms with Crippen molar-refractivity contribution < 1.29 is 19.5 Å². The fraction of sp³-hybridized carbons (Fsp3) is 0.769. The second-order valence-electron chi connectivity index (χ2n) is 5.73. The van der Waals surface area contributed by atoms with Gasteiger partial charge in [-0.15, -0.1) is 0 Å². The van der Waals surface area contributed by atoms with Gasteiger partial charge in [-0.25, -0.2) is 4.79 Å². The van der Waals surface area contributed by atoms with E-state index in [0.29, 0.717) is 18.8 Å². The number of hydrogen-bond donors (Lipinski definition) is 4. The molecule has 1 fully saturated rings. The van der Waals surface area contributed by atoms with E-state index in [1.54, 1.807) is 0 Å². The largest absolute Gasteiger partial charge is 0.480 e. The summed E-state index contributed by atoms with van der Waals surface area (Å²) < 4.78 is 0. The summed E-state index contributed by atoms with van der Waals surface area (Å²) >= 11 is 0. The van der Waals surface area contributed by atoms with Gasteiger partial charge in [-0.05, 0) is 25.2 Å². The van der Waals surface area contributed by atoms with Crippen LogP contribution in [0.3, 0.4) is 0 Å². The molecule has 20 heavy (non-hydrogen) atoms. The molecule has 0 saturated heterocycles. The van der Waals surface area contributed by atoms with E-state index < -0.39 is 29.4 Å². The van der Waals surface area contributed by atoms with Crippen LogP contribution in [0.1, 0.15) is 45.4 Å². The number of aliphatic carboxylic acids is 1. The van der Waals surface area contributed by atoms with Crippen molar-refractivity contribution in [3.05, 3.63) is 0 Å². The van der Waals surface area contributed by atoms with Crippen molar-refractivity contribution in [3.63, 3.8) is 0 Å². The molecular formula is C13H23N3O4. The average Bonchev–Trinajstić information content (AvgIpc) is 2.33. The van der Waals surface area contributed by atoms with Gasteiger partial charge in [-0.2, -0.15) is 0 Å². The highest BCUT2D eigenvalue weighted by Gasteiger charge is 2.39. The van der Waals surface area contributed by atoms with Gasteiger partial charge in [0.15, 0.2) is 0 Å². The number of carboxylic acid groups (broad SMARTS) is 1. The molecule has 1 aliphatic carbocycles. The zero-order valence-corrected chi connectivity index (χ0v) is 11.7. The molecule has 1 aliphatic rings. The molecule has 1 rings (SSSR count). The Labute approximate surface area is 118 Å². The summed E-state index contributed by atoms with van der Waals surface area (Å²) in [7, 11) is 0. The molecule has 3 atom stereocenters. The van der Waals surface area contributed by atoms with Crippen LogP contribution in [0, 0.1) is 5.92 Å². The molecule has 114 valence electrons. The van der Waals surface area contributed by atoms with Crippen molar-refractivity contribution >= 4 is 17.8 Å². The van der Waals surface area contributed by atoms with Crippen LogP contribution in [0.5, 0.6) is 0 Å². The van der Waals surface area contributed by atoms with Gasteiger partial charge in [-0.3, -0.25) is 9.59 Å². The molecule has 7 nitrogen and oxygen atoms in total. The van der Waals surface area contributed by atoms with E-state index in [2.05, 4.69) is 5.32 Å². The molecule has 7 heteroatoms. The molecule has 1 saturated carbocycles. The quantitative estimate of drug-likeness (QED) is 0.532. The Morgan fingerprint density at radius 1 is 1.45 bits per heavy atom. The first-order valence-corrected chi connectivity index (χ1v) is 6.85. The van der Waals surface area contributed by atoms with Gasteiger partial charge in [0.05, 0.1) is 5.54 Å². The van der Waals surface area contributed by atoms with Crippen LogP contribution < -0.4 is 16.8 Å². The fourth-order valence-electron chi connectivity index (χ4n) is 2.64. The van der Waals surface area contributed by atoms with E-state index in [1.807, 2.05) is 6.92 Å². The first-order valence-electron chi connectivity index (χ1n) is 6.85. The molecule has 0 heterocycles. The molecule has 0 aromatic heterocycles. The third-order valence-electron chi connectivity index (χ3n) is 3.77. The maximum atomic E-state index is 12.2. The summed E-state index contributed by atoms with van der Waals surface area (Å²) in [5, 5.41) is 11.5. The summed E-state index contributed by atoms with van der Waals surface area (Å²) in [4.78, 5) is 34.0. The highest BCUT2D eigenvalue weighted by atomic mass is 16.4. The zero-order valence-electron chi connectivity index (χ0n) is 11.7. The van der Waals surface area contributed by atoms with Gasteiger partial charge in [-0.1, -0.05) is 19.8 Å². The van der Waals surface area contributed by atoms with E-state index in [9.17, 15) is 14.4 Å². The van der Waals surface area contributed by atoms with Crippen molar-refractivity contribution in [1.29, 1.82) is 0 Å². The van der Waals surface area contributed by atoms with Crippen molar-refractivity contribution in [2.75, 3.05) is 0 Å². The summed E-state index contributed by atoms with van der Waals surface area (Å²) in [6.45, 7) is 2.02. The normalized spacial score (nSPS) is 27.6. The summed E-state index contributed by atoms with van der Waals surface area (Å²) in [6.07, 6.45) is 2.85. The van der Waals surface area contributed by atoms with Crippen LogP contribution >= 0.6 is 0 Å². The maximum Gasteiger partial charge on any atom is 0.326 e. The minimum atomic E-state index is -1.19. The van der Waals surface area contributed by atoms with Crippen LogP contribution in [0.4, 0.5) is 0 Å². The second-order valence-corrected chi connectivity index (χ2v) is 5.73. The van der Waals surface area contributed by atoms with Crippen LogP contribution in [0.2, 0.25) is 0 Å². The molecule has 0 aromatic carbocycles. The molecule has 6 N–H and O–H groups in total. The van der Waals surface area contributed by atoms with Gasteiger partial charge < -0.3 is 21.9 Å². The van der Waals surface area contributed by atoms with E-state index in [0.717, 1.165) is 12.8 Å². The minimum Gasteiger partial charge on any atom is -0.480 e. The second kappa shape index (κ2) is 6.69. The Kier molecular flexibility index (Phi) is 5.50. The summed E-state index contributed by atoms with van der Waals surface area (Å²) in [5.41, 5.74) is 10.1. The van der Waals surface area contributed by atoms with Crippen molar-refractivity contribution in [1.82, 2.24) is 5.32 Å². The Hall–Kier alpha value is -1.63. The smallest absolute Gasteiger partial charge is 0.326 e. The lowest BCUT2D eigenvalue weighted by Crippen LogP contribution is -2.59. The molecule has 0 aliphatic heterocycles. The van der Waals surface area contributed by atoms with Gasteiger partial charge >= 0.3 is 5.97 Å². The lowest BCUT2D eigenvalue weighted by atomic mass is 9.76. The molecule has 0 bridgehead atoms. The number of amides is 2. The molecule has 0 radical (unpaired) electrons. The number of nitrogens with two attached hydrogens (primary N) is 2. The van der Waals surface area contributed by atoms with Gasteiger partial charge in [0, 0.05) is 6.42 Å². The maximum absolute atomic E-state index is 12.2. The number of carbonyl (C=O) groups is 3. The Morgan fingerprint density at radius 3 is 2.60 bits per heavy atom. The number of rotatable bonds is 6. The zero-order chi connectivity index (χ0) is 15.3. The molecule has 0 aromatic rings. The predicted octanol–water partition coefficient (Wildman–Crippen LogP) is -0.271. The van der Waals surface area contributed by atoms with Crippen LogP contribution in [-0.4, -0.2) is 34.5 Å². The van der Waals surface area contributed by atoms with Crippen molar-refractivity contribution in [2.24, 2.45) is 17.4 Å². The number of primary amides is 1. The monoisotopic (exact) mass is 285 g/mol. The number of hydrogen-bond acceptors (Lipinski definition) is 4. The lowest BCUT2D eigenvalue weighted by molar-refractivity contribution is -0.143. The van der Waals surface area contributed by atoms with Crippen molar-refractivity contribution in [2.45, 2.75) is 57.0 Å². The number of carbonyl (C=O) groups excluding carboxylic acids is 2. The molecular weight excluding hydrogens is 262 g/mol. The van der Waals surface area contributed by atoms with Crippen LogP contribution in [0.15, 0.2) is 0 Å². The van der Waals surface area contributed by atoms with Gasteiger partial charge in [0.25, 0.3) is 0 Å². The third kappa shape index (κ3) is 4.48. The summed E-state index contributed by atoms with van der Waals surface area (Å²) in [6, 6.07) is -1.13. The molecule has 3 unspecified atom stereocenters.